The molecule has 0 spiro atoms. The molecule has 0 aliphatic carbocycles. The Balaban J connectivity index is 1.96. The topological polar surface area (TPSA) is 70.4 Å². The van der Waals surface area contributed by atoms with E-state index >= 15 is 0 Å². The fraction of sp³-hybridized carbons (Fsp3) is 0.286. The van der Waals surface area contributed by atoms with Crippen LogP contribution in [0.5, 0.6) is 0 Å². The molecular formula is C21H21FN2O3. The zero-order valence-corrected chi connectivity index (χ0v) is 15.1. The van der Waals surface area contributed by atoms with Gasteiger partial charge in [0.1, 0.15) is 5.82 Å². The number of nitrogens with zero attached hydrogens (tertiary/aromatic N) is 2. The van der Waals surface area contributed by atoms with Gasteiger partial charge in [0.2, 0.25) is 0 Å². The summed E-state index contributed by atoms with van der Waals surface area (Å²) in [5, 5.41) is 8.77. The van der Waals surface area contributed by atoms with Crippen LogP contribution in [0, 0.1) is 17.1 Å². The molecule has 0 aliphatic heterocycles. The van der Waals surface area contributed by atoms with Crippen LogP contribution in [-0.4, -0.2) is 25.0 Å². The number of amides is 1. The van der Waals surface area contributed by atoms with Gasteiger partial charge in [-0.2, -0.15) is 5.26 Å². The lowest BCUT2D eigenvalue weighted by Crippen LogP contribution is -2.36. The van der Waals surface area contributed by atoms with Crippen molar-refractivity contribution in [2.24, 2.45) is 0 Å². The Morgan fingerprint density at radius 2 is 1.81 bits per heavy atom. The van der Waals surface area contributed by atoms with Crippen molar-refractivity contribution in [2.75, 3.05) is 18.1 Å². The van der Waals surface area contributed by atoms with Gasteiger partial charge in [-0.1, -0.05) is 49.4 Å². The first-order chi connectivity index (χ1) is 13.0. The van der Waals surface area contributed by atoms with E-state index in [1.165, 1.54) is 18.2 Å². The molecule has 0 aliphatic rings. The van der Waals surface area contributed by atoms with E-state index in [0.717, 1.165) is 10.5 Å². The van der Waals surface area contributed by atoms with Crippen molar-refractivity contribution in [2.45, 2.75) is 25.7 Å². The molecule has 0 heterocycles. The maximum absolute atomic E-state index is 14.0. The predicted octanol–water partition coefficient (Wildman–Crippen LogP) is 3.81. The van der Waals surface area contributed by atoms with E-state index in [1.807, 2.05) is 43.3 Å². The Bertz CT molecular complexity index is 818. The molecule has 6 heteroatoms. The zero-order chi connectivity index (χ0) is 19.6. The van der Waals surface area contributed by atoms with Gasteiger partial charge in [0, 0.05) is 6.54 Å². The Hall–Kier alpha value is -3.20. The number of ether oxygens (including phenoxy) is 1. The summed E-state index contributed by atoms with van der Waals surface area (Å²) in [7, 11) is 0. The van der Waals surface area contributed by atoms with E-state index in [2.05, 4.69) is 0 Å². The SMILES string of the molecule is CC(CC(=O)OCC(=O)N(CCC#N)c1ccccc1F)c1ccccc1. The molecule has 2 aromatic carbocycles. The van der Waals surface area contributed by atoms with Crippen molar-refractivity contribution < 1.29 is 18.7 Å². The second-order valence-corrected chi connectivity index (χ2v) is 6.08. The van der Waals surface area contributed by atoms with Crippen LogP contribution in [0.25, 0.3) is 0 Å². The van der Waals surface area contributed by atoms with Crippen LogP contribution in [0.1, 0.15) is 31.2 Å². The van der Waals surface area contributed by atoms with Gasteiger partial charge in [0.25, 0.3) is 5.91 Å². The van der Waals surface area contributed by atoms with Crippen LogP contribution in [0.2, 0.25) is 0 Å². The summed E-state index contributed by atoms with van der Waals surface area (Å²) in [6.07, 6.45) is 0.175. The first-order valence-corrected chi connectivity index (χ1v) is 8.65. The molecule has 0 N–H and O–H groups in total. The molecule has 0 radical (unpaired) electrons. The lowest BCUT2D eigenvalue weighted by atomic mass is 9.98. The number of rotatable bonds is 8. The van der Waals surface area contributed by atoms with Crippen LogP contribution in [0.3, 0.4) is 0 Å². The van der Waals surface area contributed by atoms with Crippen LogP contribution < -0.4 is 4.90 Å². The molecule has 2 aromatic rings. The van der Waals surface area contributed by atoms with Crippen molar-refractivity contribution in [3.63, 3.8) is 0 Å². The summed E-state index contributed by atoms with van der Waals surface area (Å²) in [5.41, 5.74) is 1.06. The third-order valence-electron chi connectivity index (χ3n) is 4.09. The molecule has 1 amide bonds. The highest BCUT2D eigenvalue weighted by Gasteiger charge is 2.21. The van der Waals surface area contributed by atoms with E-state index in [1.54, 1.807) is 6.07 Å². The van der Waals surface area contributed by atoms with E-state index in [-0.39, 0.29) is 31.0 Å². The van der Waals surface area contributed by atoms with Crippen molar-refractivity contribution in [3.8, 4) is 6.07 Å². The number of carbonyl (C=O) groups is 2. The van der Waals surface area contributed by atoms with Crippen molar-refractivity contribution in [1.29, 1.82) is 5.26 Å². The fourth-order valence-electron chi connectivity index (χ4n) is 2.64. The third-order valence-corrected chi connectivity index (χ3v) is 4.09. The van der Waals surface area contributed by atoms with Crippen molar-refractivity contribution in [3.05, 3.63) is 66.0 Å². The van der Waals surface area contributed by atoms with Crippen LogP contribution in [0.15, 0.2) is 54.6 Å². The molecule has 140 valence electrons. The van der Waals surface area contributed by atoms with E-state index in [4.69, 9.17) is 10.00 Å². The lowest BCUT2D eigenvalue weighted by Gasteiger charge is -2.22. The summed E-state index contributed by atoms with van der Waals surface area (Å²) in [4.78, 5) is 25.6. The first-order valence-electron chi connectivity index (χ1n) is 8.65. The Morgan fingerprint density at radius 1 is 1.15 bits per heavy atom. The maximum Gasteiger partial charge on any atom is 0.306 e. The number of nitriles is 1. The van der Waals surface area contributed by atoms with Gasteiger partial charge in [0.05, 0.1) is 24.6 Å². The van der Waals surface area contributed by atoms with Crippen LogP contribution in [-0.2, 0) is 14.3 Å². The molecule has 1 atom stereocenters. The van der Waals surface area contributed by atoms with Crippen molar-refractivity contribution in [1.82, 2.24) is 0 Å². The molecule has 0 aromatic heterocycles. The number of para-hydroxylation sites is 1. The van der Waals surface area contributed by atoms with E-state index < -0.39 is 24.3 Å². The highest BCUT2D eigenvalue weighted by atomic mass is 19.1. The number of halogens is 1. The third kappa shape index (κ3) is 5.93. The highest BCUT2D eigenvalue weighted by molar-refractivity contribution is 5.95. The van der Waals surface area contributed by atoms with Gasteiger partial charge in [-0.15, -0.1) is 0 Å². The second kappa shape index (κ2) is 10.1. The monoisotopic (exact) mass is 368 g/mol. The second-order valence-electron chi connectivity index (χ2n) is 6.08. The van der Waals surface area contributed by atoms with E-state index in [0.29, 0.717) is 0 Å². The van der Waals surface area contributed by atoms with Gasteiger partial charge in [-0.05, 0) is 23.6 Å². The van der Waals surface area contributed by atoms with Crippen molar-refractivity contribution >= 4 is 17.6 Å². The Labute approximate surface area is 158 Å². The minimum atomic E-state index is -0.576. The van der Waals surface area contributed by atoms with E-state index in [9.17, 15) is 14.0 Å². The maximum atomic E-state index is 14.0. The quantitative estimate of drug-likeness (QED) is 0.665. The molecule has 2 rings (SSSR count). The highest BCUT2D eigenvalue weighted by Crippen LogP contribution is 2.21. The number of anilines is 1. The summed E-state index contributed by atoms with van der Waals surface area (Å²) < 4.78 is 19.1. The number of benzene rings is 2. The number of carbonyl (C=O) groups excluding carboxylic acids is 2. The molecular weight excluding hydrogens is 347 g/mol. The Morgan fingerprint density at radius 3 is 2.48 bits per heavy atom. The molecule has 0 saturated carbocycles. The molecule has 0 bridgehead atoms. The molecule has 5 nitrogen and oxygen atoms in total. The number of esters is 1. The fourth-order valence-corrected chi connectivity index (χ4v) is 2.64. The van der Waals surface area contributed by atoms with Crippen LogP contribution in [0.4, 0.5) is 10.1 Å². The minimum Gasteiger partial charge on any atom is -0.456 e. The molecule has 27 heavy (non-hydrogen) atoms. The average Bonchev–Trinajstić information content (AvgIpc) is 2.68. The summed E-state index contributed by atoms with van der Waals surface area (Å²) in [5.74, 6) is -1.70. The zero-order valence-electron chi connectivity index (χ0n) is 15.1. The predicted molar refractivity (Wildman–Crippen MR) is 99.4 cm³/mol. The Kier molecular flexibility index (Phi) is 7.50. The molecule has 0 fully saturated rings. The minimum absolute atomic E-state index is 0.0221. The smallest absolute Gasteiger partial charge is 0.306 e. The first kappa shape index (κ1) is 20.1. The summed E-state index contributed by atoms with van der Waals surface area (Å²) >= 11 is 0. The summed E-state index contributed by atoms with van der Waals surface area (Å²) in [6, 6.07) is 17.2. The normalized spacial score (nSPS) is 11.3. The van der Waals surface area contributed by atoms with Gasteiger partial charge < -0.3 is 9.64 Å². The van der Waals surface area contributed by atoms with Gasteiger partial charge >= 0.3 is 5.97 Å². The standard InChI is InChI=1S/C21H21FN2O3/c1-16(17-8-3-2-4-9-17)14-21(26)27-15-20(25)24(13-7-12-23)19-11-6-5-10-18(19)22/h2-6,8-11,16H,7,13-15H2,1H3. The molecule has 1 unspecified atom stereocenters. The van der Waals surface area contributed by atoms with Gasteiger partial charge in [-0.25, -0.2) is 4.39 Å². The average molecular weight is 368 g/mol. The number of hydrogen-bond donors (Lipinski definition) is 0. The summed E-state index contributed by atoms with van der Waals surface area (Å²) in [6.45, 7) is 1.42. The van der Waals surface area contributed by atoms with Crippen LogP contribution >= 0.6 is 0 Å². The molecule has 0 saturated heterocycles. The van der Waals surface area contributed by atoms with Gasteiger partial charge in [-0.3, -0.25) is 9.59 Å². The van der Waals surface area contributed by atoms with Gasteiger partial charge in [0.15, 0.2) is 6.61 Å². The lowest BCUT2D eigenvalue weighted by molar-refractivity contribution is -0.148. The number of hydrogen-bond acceptors (Lipinski definition) is 4. The largest absolute Gasteiger partial charge is 0.456 e.